The summed E-state index contributed by atoms with van der Waals surface area (Å²) < 4.78 is 0. The van der Waals surface area contributed by atoms with Gasteiger partial charge in [-0.05, 0) is 42.2 Å². The van der Waals surface area contributed by atoms with Crippen LogP contribution in [0.15, 0.2) is 24.3 Å². The highest BCUT2D eigenvalue weighted by Gasteiger charge is 2.29. The number of carbonyl (C=O) groups excluding carboxylic acids is 1. The summed E-state index contributed by atoms with van der Waals surface area (Å²) in [6.07, 6.45) is 3.49. The standard InChI is InChI=1S/C19H28N2O/c1-14-9-15(2)12-21(11-14)13-17-5-3-16(4-6-17)10-20-19(22)18-7-8-18/h3-6,14-15,18H,7-13H2,1-2H3,(H,20,22)/t14-,15-/m0/s1. The molecule has 3 rings (SSSR count). The van der Waals surface area contributed by atoms with Gasteiger partial charge in [0.25, 0.3) is 0 Å². The molecule has 1 aromatic rings. The summed E-state index contributed by atoms with van der Waals surface area (Å²) in [7, 11) is 0. The molecule has 1 amide bonds. The van der Waals surface area contributed by atoms with Crippen LogP contribution in [0.3, 0.4) is 0 Å². The fourth-order valence-electron chi connectivity index (χ4n) is 3.62. The van der Waals surface area contributed by atoms with Crippen LogP contribution in [-0.2, 0) is 17.9 Å². The second-order valence-corrected chi connectivity index (χ2v) is 7.45. The first-order valence-corrected chi connectivity index (χ1v) is 8.68. The maximum atomic E-state index is 11.7. The van der Waals surface area contributed by atoms with Crippen molar-refractivity contribution >= 4 is 5.91 Å². The average Bonchev–Trinajstić information content (AvgIpc) is 3.30. The summed E-state index contributed by atoms with van der Waals surface area (Å²) in [6.45, 7) is 8.84. The van der Waals surface area contributed by atoms with E-state index >= 15 is 0 Å². The van der Waals surface area contributed by atoms with Crippen LogP contribution in [-0.4, -0.2) is 23.9 Å². The van der Waals surface area contributed by atoms with Crippen LogP contribution in [0.1, 0.15) is 44.2 Å². The third-order valence-electron chi connectivity index (χ3n) is 4.79. The minimum absolute atomic E-state index is 0.223. The van der Waals surface area contributed by atoms with Gasteiger partial charge in [-0.1, -0.05) is 38.1 Å². The Bertz CT molecular complexity index is 497. The Labute approximate surface area is 134 Å². The monoisotopic (exact) mass is 300 g/mol. The lowest BCUT2D eigenvalue weighted by Crippen LogP contribution is -2.38. The topological polar surface area (TPSA) is 32.3 Å². The number of carbonyl (C=O) groups is 1. The van der Waals surface area contributed by atoms with E-state index in [0.717, 1.165) is 31.2 Å². The predicted molar refractivity (Wildman–Crippen MR) is 89.2 cm³/mol. The highest BCUT2D eigenvalue weighted by molar-refractivity contribution is 5.80. The normalized spacial score (nSPS) is 25.9. The molecule has 0 aromatic heterocycles. The van der Waals surface area contributed by atoms with Crippen molar-refractivity contribution in [3.63, 3.8) is 0 Å². The molecule has 1 N–H and O–H groups in total. The molecule has 2 atom stereocenters. The third-order valence-corrected chi connectivity index (χ3v) is 4.79. The highest BCUT2D eigenvalue weighted by atomic mass is 16.2. The molecule has 1 heterocycles. The number of amides is 1. The molecule has 1 saturated heterocycles. The van der Waals surface area contributed by atoms with E-state index in [1.807, 2.05) is 0 Å². The SMILES string of the molecule is C[C@H]1C[C@H](C)CN(Cc2ccc(CNC(=O)C3CC3)cc2)C1. The summed E-state index contributed by atoms with van der Waals surface area (Å²) in [4.78, 5) is 14.2. The summed E-state index contributed by atoms with van der Waals surface area (Å²) in [6, 6.07) is 8.73. The molecule has 2 aliphatic rings. The minimum Gasteiger partial charge on any atom is -0.352 e. The Morgan fingerprint density at radius 3 is 2.27 bits per heavy atom. The van der Waals surface area contributed by atoms with Crippen LogP contribution in [0, 0.1) is 17.8 Å². The van der Waals surface area contributed by atoms with E-state index in [9.17, 15) is 4.79 Å². The molecule has 3 nitrogen and oxygen atoms in total. The van der Waals surface area contributed by atoms with Crippen molar-refractivity contribution in [3.8, 4) is 0 Å². The highest BCUT2D eigenvalue weighted by Crippen LogP contribution is 2.28. The molecule has 0 unspecified atom stereocenters. The van der Waals surface area contributed by atoms with Gasteiger partial charge in [0.1, 0.15) is 0 Å². The first-order valence-electron chi connectivity index (χ1n) is 8.68. The first-order chi connectivity index (χ1) is 10.6. The molecule has 1 aliphatic carbocycles. The zero-order valence-electron chi connectivity index (χ0n) is 13.8. The Hall–Kier alpha value is -1.35. The number of nitrogens with zero attached hydrogens (tertiary/aromatic N) is 1. The fourth-order valence-corrected chi connectivity index (χ4v) is 3.62. The summed E-state index contributed by atoms with van der Waals surface area (Å²) >= 11 is 0. The van der Waals surface area contributed by atoms with Crippen molar-refractivity contribution in [2.24, 2.45) is 17.8 Å². The lowest BCUT2D eigenvalue weighted by molar-refractivity contribution is -0.122. The second kappa shape index (κ2) is 6.82. The molecule has 1 saturated carbocycles. The van der Waals surface area contributed by atoms with Gasteiger partial charge in [0.05, 0.1) is 0 Å². The van der Waals surface area contributed by atoms with Gasteiger partial charge >= 0.3 is 0 Å². The molecular weight excluding hydrogens is 272 g/mol. The zero-order valence-corrected chi connectivity index (χ0v) is 13.8. The van der Waals surface area contributed by atoms with Crippen molar-refractivity contribution in [1.82, 2.24) is 10.2 Å². The number of likely N-dealkylation sites (tertiary alicyclic amines) is 1. The Morgan fingerprint density at radius 1 is 1.09 bits per heavy atom. The van der Waals surface area contributed by atoms with Crippen LogP contribution >= 0.6 is 0 Å². The van der Waals surface area contributed by atoms with Crippen LogP contribution in [0.25, 0.3) is 0 Å². The third kappa shape index (κ3) is 4.33. The van der Waals surface area contributed by atoms with Gasteiger partial charge < -0.3 is 5.32 Å². The van der Waals surface area contributed by atoms with E-state index in [1.54, 1.807) is 0 Å². The van der Waals surface area contributed by atoms with E-state index in [1.165, 1.54) is 30.6 Å². The molecule has 2 fully saturated rings. The maximum absolute atomic E-state index is 11.7. The second-order valence-electron chi connectivity index (χ2n) is 7.45. The van der Waals surface area contributed by atoms with E-state index in [4.69, 9.17) is 0 Å². The molecule has 0 radical (unpaired) electrons. The molecule has 0 spiro atoms. The molecule has 1 aliphatic heterocycles. The number of benzene rings is 1. The van der Waals surface area contributed by atoms with Crippen molar-refractivity contribution in [2.45, 2.75) is 46.2 Å². The Morgan fingerprint density at radius 2 is 1.68 bits per heavy atom. The molecule has 0 bridgehead atoms. The van der Waals surface area contributed by atoms with Crippen LogP contribution in [0.4, 0.5) is 0 Å². The van der Waals surface area contributed by atoms with Crippen LogP contribution in [0.5, 0.6) is 0 Å². The summed E-state index contributed by atoms with van der Waals surface area (Å²) in [5.74, 6) is 2.13. The van der Waals surface area contributed by atoms with E-state index < -0.39 is 0 Å². The largest absolute Gasteiger partial charge is 0.352 e. The molecular formula is C19H28N2O. The quantitative estimate of drug-likeness (QED) is 0.906. The number of piperidine rings is 1. The van der Waals surface area contributed by atoms with Gasteiger partial charge in [-0.25, -0.2) is 0 Å². The number of hydrogen-bond acceptors (Lipinski definition) is 2. The van der Waals surface area contributed by atoms with Crippen LogP contribution in [0.2, 0.25) is 0 Å². The van der Waals surface area contributed by atoms with Gasteiger partial charge in [0, 0.05) is 32.1 Å². The van der Waals surface area contributed by atoms with Gasteiger partial charge in [0.2, 0.25) is 5.91 Å². The van der Waals surface area contributed by atoms with Crippen molar-refractivity contribution in [3.05, 3.63) is 35.4 Å². The zero-order chi connectivity index (χ0) is 15.5. The van der Waals surface area contributed by atoms with E-state index in [-0.39, 0.29) is 5.91 Å². The van der Waals surface area contributed by atoms with Crippen molar-refractivity contribution in [1.29, 1.82) is 0 Å². The Balaban J connectivity index is 1.49. The van der Waals surface area contributed by atoms with Crippen molar-refractivity contribution in [2.75, 3.05) is 13.1 Å². The molecule has 3 heteroatoms. The maximum Gasteiger partial charge on any atom is 0.223 e. The van der Waals surface area contributed by atoms with Crippen LogP contribution < -0.4 is 5.32 Å². The van der Waals surface area contributed by atoms with E-state index in [2.05, 4.69) is 48.3 Å². The fraction of sp³-hybridized carbons (Fsp3) is 0.632. The number of hydrogen-bond donors (Lipinski definition) is 1. The average molecular weight is 300 g/mol. The first kappa shape index (κ1) is 15.5. The number of nitrogens with one attached hydrogen (secondary N) is 1. The van der Waals surface area contributed by atoms with Gasteiger partial charge in [0.15, 0.2) is 0 Å². The van der Waals surface area contributed by atoms with Gasteiger partial charge in [-0.15, -0.1) is 0 Å². The van der Waals surface area contributed by atoms with Crippen molar-refractivity contribution < 1.29 is 4.79 Å². The molecule has 1 aromatic carbocycles. The van der Waals surface area contributed by atoms with Gasteiger partial charge in [-0.2, -0.15) is 0 Å². The Kier molecular flexibility index (Phi) is 4.82. The lowest BCUT2D eigenvalue weighted by Gasteiger charge is -2.35. The molecule has 22 heavy (non-hydrogen) atoms. The summed E-state index contributed by atoms with van der Waals surface area (Å²) in [5.41, 5.74) is 2.57. The van der Waals surface area contributed by atoms with Gasteiger partial charge in [-0.3, -0.25) is 9.69 Å². The minimum atomic E-state index is 0.223. The smallest absolute Gasteiger partial charge is 0.223 e. The lowest BCUT2D eigenvalue weighted by atomic mass is 9.91. The summed E-state index contributed by atoms with van der Waals surface area (Å²) in [5, 5.41) is 3.02. The number of rotatable bonds is 5. The predicted octanol–water partition coefficient (Wildman–Crippen LogP) is 3.19. The van der Waals surface area contributed by atoms with E-state index in [0.29, 0.717) is 12.5 Å². The molecule has 120 valence electrons.